The molecular weight excluding hydrogens is 354 g/mol. The monoisotopic (exact) mass is 383 g/mol. The first kappa shape index (κ1) is 18.9. The summed E-state index contributed by atoms with van der Waals surface area (Å²) in [6.07, 6.45) is 3.29. The minimum Gasteiger partial charge on any atom is -0.375 e. The topological polar surface area (TPSA) is 74.3 Å². The van der Waals surface area contributed by atoms with E-state index in [1.165, 1.54) is 5.56 Å². The number of pyridine rings is 1. The molecule has 7 nitrogen and oxygen atoms in total. The molecule has 0 aliphatic carbocycles. The minimum atomic E-state index is -0.0969. The lowest BCUT2D eigenvalue weighted by Crippen LogP contribution is -2.42. The van der Waals surface area contributed by atoms with Crippen molar-refractivity contribution in [2.24, 2.45) is 0 Å². The second-order valence-corrected chi connectivity index (χ2v) is 8.01. The molecule has 2 aliphatic rings. The van der Waals surface area contributed by atoms with E-state index in [2.05, 4.69) is 38.8 Å². The molecule has 0 amide bonds. The lowest BCUT2D eigenvalue weighted by molar-refractivity contribution is 0.0529. The van der Waals surface area contributed by atoms with Gasteiger partial charge in [-0.15, -0.1) is 0 Å². The van der Waals surface area contributed by atoms with Crippen LogP contribution in [0.15, 0.2) is 23.0 Å². The van der Waals surface area contributed by atoms with Crippen molar-refractivity contribution in [3.05, 3.63) is 45.5 Å². The molecule has 2 aromatic heterocycles. The molecule has 2 saturated heterocycles. The summed E-state index contributed by atoms with van der Waals surface area (Å²) in [5, 5.41) is 0. The normalized spacial score (nSPS) is 22.7. The standard InChI is InChI=1S/C21H29N5O2/c1-14-9-17(10-15(2)22-14)11-18-5-4-6-26(18)21-23-19(12-20(27)24-21)25-7-8-28-16(3)13-25/h9-10,12,16,18H,4-8,11,13H2,1-3H3,(H,23,24,27)/t16-,18-/m1/s1. The Labute approximate surface area is 165 Å². The van der Waals surface area contributed by atoms with Gasteiger partial charge < -0.3 is 14.5 Å². The maximum atomic E-state index is 12.4. The summed E-state index contributed by atoms with van der Waals surface area (Å²) in [7, 11) is 0. The first-order valence-corrected chi connectivity index (χ1v) is 10.2. The molecular formula is C21H29N5O2. The summed E-state index contributed by atoms with van der Waals surface area (Å²) in [6, 6.07) is 6.25. The van der Waals surface area contributed by atoms with E-state index in [0.717, 1.165) is 56.1 Å². The summed E-state index contributed by atoms with van der Waals surface area (Å²) in [6.45, 7) is 9.23. The van der Waals surface area contributed by atoms with Crippen LogP contribution in [0, 0.1) is 13.8 Å². The zero-order valence-corrected chi connectivity index (χ0v) is 16.9. The Bertz CT molecular complexity index is 876. The van der Waals surface area contributed by atoms with Crippen LogP contribution in [0.3, 0.4) is 0 Å². The predicted octanol–water partition coefficient (Wildman–Crippen LogP) is 2.22. The Morgan fingerprint density at radius 2 is 1.96 bits per heavy atom. The number of nitrogens with zero attached hydrogens (tertiary/aromatic N) is 4. The van der Waals surface area contributed by atoms with Gasteiger partial charge in [0, 0.05) is 43.1 Å². The van der Waals surface area contributed by atoms with E-state index in [9.17, 15) is 4.79 Å². The van der Waals surface area contributed by atoms with Gasteiger partial charge in [0.1, 0.15) is 5.82 Å². The second-order valence-electron chi connectivity index (χ2n) is 8.01. The molecule has 0 aromatic carbocycles. The Hall–Kier alpha value is -2.41. The first-order valence-electron chi connectivity index (χ1n) is 10.2. The van der Waals surface area contributed by atoms with Crippen molar-refractivity contribution in [1.82, 2.24) is 15.0 Å². The van der Waals surface area contributed by atoms with Gasteiger partial charge in [-0.25, -0.2) is 0 Å². The van der Waals surface area contributed by atoms with Crippen molar-refractivity contribution in [2.75, 3.05) is 36.0 Å². The predicted molar refractivity (Wildman–Crippen MR) is 110 cm³/mol. The third kappa shape index (κ3) is 4.19. The number of aromatic amines is 1. The maximum Gasteiger partial charge on any atom is 0.254 e. The van der Waals surface area contributed by atoms with Gasteiger partial charge in [0.2, 0.25) is 5.95 Å². The average Bonchev–Trinajstić information content (AvgIpc) is 3.08. The zero-order valence-electron chi connectivity index (χ0n) is 16.9. The highest BCUT2D eigenvalue weighted by molar-refractivity contribution is 5.45. The van der Waals surface area contributed by atoms with Crippen LogP contribution < -0.4 is 15.4 Å². The quantitative estimate of drug-likeness (QED) is 0.873. The summed E-state index contributed by atoms with van der Waals surface area (Å²) < 4.78 is 5.62. The van der Waals surface area contributed by atoms with Crippen molar-refractivity contribution in [3.8, 4) is 0 Å². The number of rotatable bonds is 4. The molecule has 28 heavy (non-hydrogen) atoms. The van der Waals surface area contributed by atoms with Gasteiger partial charge >= 0.3 is 0 Å². The molecule has 7 heteroatoms. The molecule has 2 fully saturated rings. The molecule has 0 spiro atoms. The van der Waals surface area contributed by atoms with E-state index in [1.54, 1.807) is 6.07 Å². The number of ether oxygens (including phenoxy) is 1. The molecule has 0 bridgehead atoms. The van der Waals surface area contributed by atoms with Crippen molar-refractivity contribution in [1.29, 1.82) is 0 Å². The number of aromatic nitrogens is 3. The molecule has 0 radical (unpaired) electrons. The third-order valence-electron chi connectivity index (χ3n) is 5.54. The van der Waals surface area contributed by atoms with Crippen LogP contribution >= 0.6 is 0 Å². The number of nitrogens with one attached hydrogen (secondary N) is 1. The van der Waals surface area contributed by atoms with Gasteiger partial charge in [0.15, 0.2) is 0 Å². The highest BCUT2D eigenvalue weighted by Gasteiger charge is 2.28. The van der Waals surface area contributed by atoms with Crippen LogP contribution in [0.2, 0.25) is 0 Å². The maximum absolute atomic E-state index is 12.4. The molecule has 1 N–H and O–H groups in total. The Morgan fingerprint density at radius 3 is 2.71 bits per heavy atom. The lowest BCUT2D eigenvalue weighted by atomic mass is 10.0. The molecule has 0 unspecified atom stereocenters. The largest absolute Gasteiger partial charge is 0.375 e. The fourth-order valence-corrected chi connectivity index (χ4v) is 4.39. The van der Waals surface area contributed by atoms with E-state index in [4.69, 9.17) is 9.72 Å². The third-order valence-corrected chi connectivity index (χ3v) is 5.54. The van der Waals surface area contributed by atoms with E-state index in [-0.39, 0.29) is 11.7 Å². The SMILES string of the molecule is Cc1cc(C[C@H]2CCCN2c2nc(N3CCO[C@H](C)C3)cc(=O)[nH]2)cc(C)n1. The smallest absolute Gasteiger partial charge is 0.254 e. The zero-order chi connectivity index (χ0) is 19.7. The average molecular weight is 383 g/mol. The number of hydrogen-bond donors (Lipinski definition) is 1. The van der Waals surface area contributed by atoms with Crippen molar-refractivity contribution < 1.29 is 4.74 Å². The number of hydrogen-bond acceptors (Lipinski definition) is 6. The second kappa shape index (κ2) is 7.91. The molecule has 150 valence electrons. The van der Waals surface area contributed by atoms with Crippen molar-refractivity contribution >= 4 is 11.8 Å². The Balaban J connectivity index is 1.57. The van der Waals surface area contributed by atoms with Gasteiger partial charge in [-0.2, -0.15) is 4.98 Å². The highest BCUT2D eigenvalue weighted by atomic mass is 16.5. The summed E-state index contributed by atoms with van der Waals surface area (Å²) in [5.41, 5.74) is 3.30. The molecule has 0 saturated carbocycles. The summed E-state index contributed by atoms with van der Waals surface area (Å²) in [4.78, 5) is 29.0. The van der Waals surface area contributed by atoms with E-state index < -0.39 is 0 Å². The Morgan fingerprint density at radius 1 is 1.18 bits per heavy atom. The molecule has 2 aliphatic heterocycles. The van der Waals surface area contributed by atoms with Crippen LogP contribution in [-0.2, 0) is 11.2 Å². The van der Waals surface area contributed by atoms with Crippen LogP contribution in [0.25, 0.3) is 0 Å². The number of anilines is 2. The molecule has 4 rings (SSSR count). The van der Waals surface area contributed by atoms with Crippen LogP contribution in [0.4, 0.5) is 11.8 Å². The Kier molecular flexibility index (Phi) is 5.35. The van der Waals surface area contributed by atoms with Crippen LogP contribution in [0.5, 0.6) is 0 Å². The highest BCUT2D eigenvalue weighted by Crippen LogP contribution is 2.26. The number of morpholine rings is 1. The van der Waals surface area contributed by atoms with Crippen molar-refractivity contribution in [2.45, 2.75) is 52.2 Å². The van der Waals surface area contributed by atoms with Crippen LogP contribution in [-0.4, -0.2) is 53.3 Å². The van der Waals surface area contributed by atoms with Crippen molar-refractivity contribution in [3.63, 3.8) is 0 Å². The van der Waals surface area contributed by atoms with Crippen LogP contribution in [0.1, 0.15) is 36.7 Å². The first-order chi connectivity index (χ1) is 13.5. The fourth-order valence-electron chi connectivity index (χ4n) is 4.39. The summed E-state index contributed by atoms with van der Waals surface area (Å²) >= 11 is 0. The van der Waals surface area contributed by atoms with Gasteiger partial charge in [-0.3, -0.25) is 14.8 Å². The number of aryl methyl sites for hydroxylation is 2. The van der Waals surface area contributed by atoms with Gasteiger partial charge in [0.25, 0.3) is 5.56 Å². The lowest BCUT2D eigenvalue weighted by Gasteiger charge is -2.33. The summed E-state index contributed by atoms with van der Waals surface area (Å²) in [5.74, 6) is 1.43. The van der Waals surface area contributed by atoms with Gasteiger partial charge in [-0.1, -0.05) is 0 Å². The molecule has 2 atom stereocenters. The number of H-pyrrole nitrogens is 1. The fraction of sp³-hybridized carbons (Fsp3) is 0.571. The van der Waals surface area contributed by atoms with E-state index in [1.807, 2.05) is 13.8 Å². The molecule has 2 aromatic rings. The molecule has 4 heterocycles. The van der Waals surface area contributed by atoms with Gasteiger partial charge in [-0.05, 0) is 57.7 Å². The van der Waals surface area contributed by atoms with Gasteiger partial charge in [0.05, 0.1) is 12.7 Å². The minimum absolute atomic E-state index is 0.0969. The van der Waals surface area contributed by atoms with E-state index in [0.29, 0.717) is 18.6 Å². The van der Waals surface area contributed by atoms with E-state index >= 15 is 0 Å².